The van der Waals surface area contributed by atoms with Crippen molar-refractivity contribution in [2.24, 2.45) is 5.16 Å². The van der Waals surface area contributed by atoms with Gasteiger partial charge in [0, 0.05) is 10.9 Å². The molecule has 5 heteroatoms. The van der Waals surface area contributed by atoms with Crippen LogP contribution in [0.15, 0.2) is 33.9 Å². The van der Waals surface area contributed by atoms with Gasteiger partial charge in [-0.15, -0.1) is 0 Å². The lowest BCUT2D eigenvalue weighted by molar-refractivity contribution is -0.135. The lowest BCUT2D eigenvalue weighted by atomic mass is 10.1. The van der Waals surface area contributed by atoms with E-state index >= 15 is 0 Å². The Kier molecular flexibility index (Phi) is 4.98. The predicted molar refractivity (Wildman–Crippen MR) is 63.7 cm³/mol. The number of hydrogen-bond donors (Lipinski definition) is 1. The van der Waals surface area contributed by atoms with Crippen LogP contribution in [0.1, 0.15) is 12.5 Å². The highest BCUT2D eigenvalue weighted by Crippen LogP contribution is 2.11. The molecule has 1 aromatic carbocycles. The van der Waals surface area contributed by atoms with Crippen molar-refractivity contribution in [3.8, 4) is 0 Å². The maximum atomic E-state index is 11.3. The monoisotopic (exact) mass is 285 g/mol. The summed E-state index contributed by atoms with van der Waals surface area (Å²) in [7, 11) is 0. The Balaban J connectivity index is 2.71. The van der Waals surface area contributed by atoms with Gasteiger partial charge in [0.1, 0.15) is 0 Å². The predicted octanol–water partition coefficient (Wildman–Crippen LogP) is 2.38. The van der Waals surface area contributed by atoms with E-state index in [4.69, 9.17) is 9.94 Å². The smallest absolute Gasteiger partial charge is 0.356 e. The summed E-state index contributed by atoms with van der Waals surface area (Å²) in [6.07, 6.45) is 0.253. The second-order valence-electron chi connectivity index (χ2n) is 3.07. The fourth-order valence-electron chi connectivity index (χ4n) is 1.16. The molecule has 0 amide bonds. The number of esters is 1. The van der Waals surface area contributed by atoms with Gasteiger partial charge in [0.15, 0.2) is 5.71 Å². The highest BCUT2D eigenvalue weighted by molar-refractivity contribution is 9.10. The van der Waals surface area contributed by atoms with E-state index in [1.165, 1.54) is 0 Å². The van der Waals surface area contributed by atoms with E-state index in [-0.39, 0.29) is 18.7 Å². The molecular weight excluding hydrogens is 274 g/mol. The van der Waals surface area contributed by atoms with Crippen LogP contribution in [0.25, 0.3) is 0 Å². The van der Waals surface area contributed by atoms with Gasteiger partial charge >= 0.3 is 5.97 Å². The van der Waals surface area contributed by atoms with Gasteiger partial charge in [-0.2, -0.15) is 0 Å². The number of rotatable bonds is 4. The first-order valence-corrected chi connectivity index (χ1v) is 5.59. The van der Waals surface area contributed by atoms with Crippen molar-refractivity contribution in [2.75, 3.05) is 6.61 Å². The van der Waals surface area contributed by atoms with Crippen molar-refractivity contribution >= 4 is 27.6 Å². The number of nitrogens with zero attached hydrogens (tertiary/aromatic N) is 1. The van der Waals surface area contributed by atoms with E-state index in [0.29, 0.717) is 0 Å². The molecule has 0 heterocycles. The van der Waals surface area contributed by atoms with E-state index in [0.717, 1.165) is 10.0 Å². The van der Waals surface area contributed by atoms with Crippen LogP contribution in [0.3, 0.4) is 0 Å². The number of carbonyl (C=O) groups is 1. The summed E-state index contributed by atoms with van der Waals surface area (Å²) < 4.78 is 5.71. The Morgan fingerprint density at radius 1 is 1.44 bits per heavy atom. The second-order valence-corrected chi connectivity index (χ2v) is 3.99. The van der Waals surface area contributed by atoms with Gasteiger partial charge in [0.25, 0.3) is 0 Å². The topological polar surface area (TPSA) is 58.9 Å². The first-order chi connectivity index (χ1) is 7.67. The quantitative estimate of drug-likeness (QED) is 0.400. The van der Waals surface area contributed by atoms with Gasteiger partial charge in [0.05, 0.1) is 6.61 Å². The number of oxime groups is 1. The number of hydrogen-bond acceptors (Lipinski definition) is 4. The van der Waals surface area contributed by atoms with Crippen molar-refractivity contribution in [3.05, 3.63) is 34.3 Å². The molecule has 0 fully saturated rings. The molecule has 1 rings (SSSR count). The number of halogens is 1. The van der Waals surface area contributed by atoms with Crippen LogP contribution in [0.5, 0.6) is 0 Å². The molecule has 0 aliphatic carbocycles. The molecule has 0 aromatic heterocycles. The molecule has 1 aromatic rings. The lowest BCUT2D eigenvalue weighted by Gasteiger charge is -2.04. The Labute approximate surface area is 102 Å². The number of benzene rings is 1. The Morgan fingerprint density at radius 2 is 2.06 bits per heavy atom. The summed E-state index contributed by atoms with van der Waals surface area (Å²) in [6.45, 7) is 1.96. The molecule has 0 bridgehead atoms. The molecule has 1 N–H and O–H groups in total. The molecule has 16 heavy (non-hydrogen) atoms. The van der Waals surface area contributed by atoms with Crippen molar-refractivity contribution < 1.29 is 14.7 Å². The molecule has 0 radical (unpaired) electrons. The van der Waals surface area contributed by atoms with Crippen LogP contribution in [-0.4, -0.2) is 23.5 Å². The lowest BCUT2D eigenvalue weighted by Crippen LogP contribution is -2.19. The molecule has 4 nitrogen and oxygen atoms in total. The van der Waals surface area contributed by atoms with Gasteiger partial charge in [0.2, 0.25) is 0 Å². The summed E-state index contributed by atoms with van der Waals surface area (Å²) in [4.78, 5) is 11.3. The third-order valence-electron chi connectivity index (χ3n) is 1.92. The third kappa shape index (κ3) is 3.66. The maximum absolute atomic E-state index is 11.3. The van der Waals surface area contributed by atoms with Crippen molar-refractivity contribution in [2.45, 2.75) is 13.3 Å². The molecule has 0 aliphatic heterocycles. The first kappa shape index (κ1) is 12.7. The summed E-state index contributed by atoms with van der Waals surface area (Å²) >= 11 is 3.31. The summed E-state index contributed by atoms with van der Waals surface area (Å²) in [5.74, 6) is -0.590. The molecule has 86 valence electrons. The van der Waals surface area contributed by atoms with Crippen LogP contribution in [0, 0.1) is 0 Å². The molecule has 0 saturated heterocycles. The highest BCUT2D eigenvalue weighted by Gasteiger charge is 2.13. The van der Waals surface area contributed by atoms with Crippen molar-refractivity contribution in [1.82, 2.24) is 0 Å². The van der Waals surface area contributed by atoms with E-state index < -0.39 is 5.97 Å². The number of carbonyl (C=O) groups excluding carboxylic acids is 1. The minimum absolute atomic E-state index is 0.00386. The molecule has 0 spiro atoms. The summed E-state index contributed by atoms with van der Waals surface area (Å²) in [5, 5.41) is 11.7. The summed E-state index contributed by atoms with van der Waals surface area (Å²) in [6, 6.07) is 7.40. The molecule has 0 aliphatic rings. The van der Waals surface area contributed by atoms with Crippen molar-refractivity contribution in [3.63, 3.8) is 0 Å². The summed E-state index contributed by atoms with van der Waals surface area (Å²) in [5.41, 5.74) is 0.883. The fraction of sp³-hybridized carbons (Fsp3) is 0.273. The van der Waals surface area contributed by atoms with Crippen molar-refractivity contribution in [1.29, 1.82) is 0 Å². The Bertz CT molecular complexity index is 387. The SMILES string of the molecule is CCOC(=O)/C(Cc1ccc(Br)cc1)=N/O. The minimum atomic E-state index is -0.590. The van der Waals surface area contributed by atoms with Crippen LogP contribution in [-0.2, 0) is 16.0 Å². The average Bonchev–Trinajstić information content (AvgIpc) is 2.28. The molecule has 0 unspecified atom stereocenters. The Morgan fingerprint density at radius 3 is 2.56 bits per heavy atom. The van der Waals surface area contributed by atoms with Crippen LogP contribution < -0.4 is 0 Å². The zero-order chi connectivity index (χ0) is 12.0. The normalized spacial score (nSPS) is 11.2. The third-order valence-corrected chi connectivity index (χ3v) is 2.45. The molecule has 0 saturated carbocycles. The highest BCUT2D eigenvalue weighted by atomic mass is 79.9. The van der Waals surface area contributed by atoms with E-state index in [1.807, 2.05) is 24.3 Å². The zero-order valence-corrected chi connectivity index (χ0v) is 10.4. The minimum Gasteiger partial charge on any atom is -0.461 e. The Hall–Kier alpha value is -1.36. The van der Waals surface area contributed by atoms with E-state index in [9.17, 15) is 4.79 Å². The van der Waals surface area contributed by atoms with Crippen LogP contribution in [0.4, 0.5) is 0 Å². The van der Waals surface area contributed by atoms with Crippen LogP contribution in [0.2, 0.25) is 0 Å². The molecular formula is C11H12BrNO3. The molecule has 0 atom stereocenters. The second kappa shape index (κ2) is 6.27. The maximum Gasteiger partial charge on any atom is 0.356 e. The fourth-order valence-corrected chi connectivity index (χ4v) is 1.42. The van der Waals surface area contributed by atoms with Gasteiger partial charge < -0.3 is 9.94 Å². The largest absolute Gasteiger partial charge is 0.461 e. The van der Waals surface area contributed by atoms with Gasteiger partial charge in [-0.3, -0.25) is 0 Å². The zero-order valence-electron chi connectivity index (χ0n) is 8.81. The average molecular weight is 286 g/mol. The van der Waals surface area contributed by atoms with Gasteiger partial charge in [-0.05, 0) is 24.6 Å². The van der Waals surface area contributed by atoms with E-state index in [1.54, 1.807) is 6.92 Å². The number of ether oxygens (including phenoxy) is 1. The first-order valence-electron chi connectivity index (χ1n) is 4.80. The van der Waals surface area contributed by atoms with Gasteiger partial charge in [-0.1, -0.05) is 33.2 Å². The van der Waals surface area contributed by atoms with Gasteiger partial charge in [-0.25, -0.2) is 4.79 Å². The van der Waals surface area contributed by atoms with Crippen LogP contribution >= 0.6 is 15.9 Å². The van der Waals surface area contributed by atoms with E-state index in [2.05, 4.69) is 21.1 Å². The standard InChI is InChI=1S/C11H12BrNO3/c1-2-16-11(14)10(13-15)7-8-3-5-9(12)6-4-8/h3-6,15H,2,7H2,1H3/b13-10+.